The maximum Gasteiger partial charge on any atom is 0.220 e. The van der Waals surface area contributed by atoms with Crippen molar-refractivity contribution >= 4 is 11.7 Å². The van der Waals surface area contributed by atoms with E-state index in [4.69, 9.17) is 9.47 Å². The first-order chi connectivity index (χ1) is 11.9. The molecule has 2 aliphatic rings. The Labute approximate surface area is 149 Å². The standard InChI is InChI=1S/C20H27NO4/c1-13(22)16-10-15(20(16,2)3)11-18(23)21-12-14-6-4-7-17-19(14)25-9-5-8-24-17/h4,6-7,15-16H,5,8-12H2,1-3H3,(H,21,23)/t15-,16+/m1/s1. The molecule has 1 aliphatic carbocycles. The third-order valence-electron chi connectivity index (χ3n) is 5.72. The fourth-order valence-corrected chi connectivity index (χ4v) is 3.94. The van der Waals surface area contributed by atoms with Crippen molar-refractivity contribution in [2.45, 2.75) is 46.6 Å². The molecule has 2 atom stereocenters. The van der Waals surface area contributed by atoms with Crippen molar-refractivity contribution in [3.63, 3.8) is 0 Å². The molecular weight excluding hydrogens is 318 g/mol. The average molecular weight is 345 g/mol. The molecule has 25 heavy (non-hydrogen) atoms. The molecule has 3 rings (SSSR count). The molecule has 1 aromatic carbocycles. The predicted octanol–water partition coefficient (Wildman–Crippen LogP) is 3.11. The molecule has 0 aromatic heterocycles. The summed E-state index contributed by atoms with van der Waals surface area (Å²) in [5, 5.41) is 2.99. The highest BCUT2D eigenvalue weighted by Crippen LogP contribution is 2.53. The molecule has 0 radical (unpaired) electrons. The Morgan fingerprint density at radius 1 is 1.24 bits per heavy atom. The third-order valence-corrected chi connectivity index (χ3v) is 5.72. The Balaban J connectivity index is 1.56. The number of benzene rings is 1. The number of carbonyl (C=O) groups excluding carboxylic acids is 2. The smallest absolute Gasteiger partial charge is 0.220 e. The van der Waals surface area contributed by atoms with Crippen molar-refractivity contribution in [3.05, 3.63) is 23.8 Å². The molecule has 136 valence electrons. The second-order valence-corrected chi connectivity index (χ2v) is 7.69. The minimum atomic E-state index is -0.0933. The largest absolute Gasteiger partial charge is 0.490 e. The van der Waals surface area contributed by atoms with Gasteiger partial charge in [0.15, 0.2) is 11.5 Å². The number of rotatable bonds is 5. The van der Waals surface area contributed by atoms with E-state index in [1.165, 1.54) is 0 Å². The van der Waals surface area contributed by atoms with Crippen LogP contribution < -0.4 is 14.8 Å². The number of fused-ring (bicyclic) bond motifs is 1. The first-order valence-corrected chi connectivity index (χ1v) is 9.04. The molecule has 0 spiro atoms. The summed E-state index contributed by atoms with van der Waals surface area (Å²) in [5.74, 6) is 2.07. The summed E-state index contributed by atoms with van der Waals surface area (Å²) in [7, 11) is 0. The van der Waals surface area contributed by atoms with Crippen LogP contribution in [0.3, 0.4) is 0 Å². The predicted molar refractivity (Wildman–Crippen MR) is 94.6 cm³/mol. The molecule has 1 saturated carbocycles. The second kappa shape index (κ2) is 7.06. The van der Waals surface area contributed by atoms with Gasteiger partial charge in [0.05, 0.1) is 13.2 Å². The Hall–Kier alpha value is -2.04. The summed E-state index contributed by atoms with van der Waals surface area (Å²) in [6.07, 6.45) is 2.13. The van der Waals surface area contributed by atoms with Gasteiger partial charge in [0, 0.05) is 30.9 Å². The van der Waals surface area contributed by atoms with E-state index in [1.807, 2.05) is 18.2 Å². The van der Waals surface area contributed by atoms with E-state index in [0.717, 1.165) is 29.9 Å². The van der Waals surface area contributed by atoms with Gasteiger partial charge in [0.25, 0.3) is 0 Å². The summed E-state index contributed by atoms with van der Waals surface area (Å²) in [4.78, 5) is 24.0. The molecule has 1 aliphatic heterocycles. The van der Waals surface area contributed by atoms with E-state index in [-0.39, 0.29) is 28.9 Å². The Morgan fingerprint density at radius 3 is 2.72 bits per heavy atom. The minimum absolute atomic E-state index is 0.0206. The van der Waals surface area contributed by atoms with E-state index >= 15 is 0 Å². The van der Waals surface area contributed by atoms with Crippen LogP contribution in [0.25, 0.3) is 0 Å². The number of carbonyl (C=O) groups is 2. The average Bonchev–Trinajstić information content (AvgIpc) is 2.81. The van der Waals surface area contributed by atoms with Crippen LogP contribution >= 0.6 is 0 Å². The van der Waals surface area contributed by atoms with Gasteiger partial charge in [-0.05, 0) is 30.7 Å². The molecule has 0 unspecified atom stereocenters. The number of ketones is 1. The number of hydrogen-bond acceptors (Lipinski definition) is 4. The van der Waals surface area contributed by atoms with Crippen LogP contribution in [-0.4, -0.2) is 24.9 Å². The van der Waals surface area contributed by atoms with Gasteiger partial charge < -0.3 is 14.8 Å². The molecule has 0 bridgehead atoms. The summed E-state index contributed by atoms with van der Waals surface area (Å²) in [5.41, 5.74) is 0.839. The van der Waals surface area contributed by atoms with Crippen molar-refractivity contribution in [2.75, 3.05) is 13.2 Å². The molecule has 5 heteroatoms. The van der Waals surface area contributed by atoms with Crippen LogP contribution in [-0.2, 0) is 16.1 Å². The van der Waals surface area contributed by atoms with Crippen LogP contribution in [0.2, 0.25) is 0 Å². The molecule has 1 fully saturated rings. The highest BCUT2D eigenvalue weighted by atomic mass is 16.5. The maximum absolute atomic E-state index is 12.4. The van der Waals surface area contributed by atoms with Gasteiger partial charge in [-0.25, -0.2) is 0 Å². The van der Waals surface area contributed by atoms with Crippen molar-refractivity contribution in [3.8, 4) is 11.5 Å². The number of ether oxygens (including phenoxy) is 2. The van der Waals surface area contributed by atoms with E-state index in [0.29, 0.717) is 26.2 Å². The number of hydrogen-bond donors (Lipinski definition) is 1. The fourth-order valence-electron chi connectivity index (χ4n) is 3.94. The lowest BCUT2D eigenvalue weighted by Gasteiger charge is -2.51. The zero-order valence-corrected chi connectivity index (χ0v) is 15.3. The van der Waals surface area contributed by atoms with Gasteiger partial charge in [0.2, 0.25) is 5.91 Å². The molecule has 1 aromatic rings. The van der Waals surface area contributed by atoms with Gasteiger partial charge in [-0.2, -0.15) is 0 Å². The first-order valence-electron chi connectivity index (χ1n) is 9.04. The Bertz CT molecular complexity index is 668. The SMILES string of the molecule is CC(=O)[C@@H]1C[C@H](CC(=O)NCc2cccc3c2OCCCO3)C1(C)C. The van der Waals surface area contributed by atoms with Crippen molar-refractivity contribution in [2.24, 2.45) is 17.3 Å². The van der Waals surface area contributed by atoms with Crippen molar-refractivity contribution in [1.29, 1.82) is 0 Å². The summed E-state index contributed by atoms with van der Waals surface area (Å²) in [6.45, 7) is 7.52. The van der Waals surface area contributed by atoms with E-state index < -0.39 is 0 Å². The Morgan fingerprint density at radius 2 is 2.00 bits per heavy atom. The number of Topliss-reactive ketones (excluding diaryl/α,β-unsaturated/α-hetero) is 1. The van der Waals surface area contributed by atoms with E-state index in [2.05, 4.69) is 19.2 Å². The quantitative estimate of drug-likeness (QED) is 0.890. The summed E-state index contributed by atoms with van der Waals surface area (Å²) in [6, 6.07) is 5.76. The van der Waals surface area contributed by atoms with Gasteiger partial charge in [0.1, 0.15) is 5.78 Å². The minimum Gasteiger partial charge on any atom is -0.490 e. The zero-order chi connectivity index (χ0) is 18.0. The van der Waals surface area contributed by atoms with Crippen molar-refractivity contribution in [1.82, 2.24) is 5.32 Å². The first kappa shape index (κ1) is 17.8. The lowest BCUT2D eigenvalue weighted by molar-refractivity contribution is -0.141. The molecule has 1 heterocycles. The monoisotopic (exact) mass is 345 g/mol. The topological polar surface area (TPSA) is 64.6 Å². The maximum atomic E-state index is 12.4. The number of nitrogens with one attached hydrogen (secondary N) is 1. The van der Waals surface area contributed by atoms with Crippen LogP contribution in [0.15, 0.2) is 18.2 Å². The third kappa shape index (κ3) is 3.65. The summed E-state index contributed by atoms with van der Waals surface area (Å²) < 4.78 is 11.5. The lowest BCUT2D eigenvalue weighted by Crippen LogP contribution is -2.49. The lowest BCUT2D eigenvalue weighted by atomic mass is 9.52. The fraction of sp³-hybridized carbons (Fsp3) is 0.600. The highest BCUT2D eigenvalue weighted by molar-refractivity contribution is 5.81. The zero-order valence-electron chi connectivity index (χ0n) is 15.3. The normalized spacial score (nSPS) is 24.0. The molecule has 0 saturated heterocycles. The molecule has 1 amide bonds. The van der Waals surface area contributed by atoms with Gasteiger partial charge >= 0.3 is 0 Å². The van der Waals surface area contributed by atoms with Gasteiger partial charge in [-0.1, -0.05) is 26.0 Å². The summed E-state index contributed by atoms with van der Waals surface area (Å²) >= 11 is 0. The number of para-hydroxylation sites is 1. The second-order valence-electron chi connectivity index (χ2n) is 7.69. The van der Waals surface area contributed by atoms with Crippen molar-refractivity contribution < 1.29 is 19.1 Å². The van der Waals surface area contributed by atoms with E-state index in [1.54, 1.807) is 6.92 Å². The molecule has 1 N–H and O–H groups in total. The molecular formula is C20H27NO4. The highest BCUT2D eigenvalue weighted by Gasteiger charge is 2.50. The van der Waals surface area contributed by atoms with Crippen LogP contribution in [0.4, 0.5) is 0 Å². The van der Waals surface area contributed by atoms with Crippen LogP contribution in [0.5, 0.6) is 11.5 Å². The van der Waals surface area contributed by atoms with E-state index in [9.17, 15) is 9.59 Å². The van der Waals surface area contributed by atoms with Crippen LogP contribution in [0.1, 0.15) is 45.6 Å². The Kier molecular flexibility index (Phi) is 5.02. The van der Waals surface area contributed by atoms with Gasteiger partial charge in [-0.15, -0.1) is 0 Å². The van der Waals surface area contributed by atoms with Crippen LogP contribution in [0, 0.1) is 17.3 Å². The number of amides is 1. The molecule has 5 nitrogen and oxygen atoms in total. The van der Waals surface area contributed by atoms with Gasteiger partial charge in [-0.3, -0.25) is 9.59 Å².